The van der Waals surface area contributed by atoms with Gasteiger partial charge in [-0.2, -0.15) is 0 Å². The summed E-state index contributed by atoms with van der Waals surface area (Å²) in [6, 6.07) is 0. The topological polar surface area (TPSA) is 115 Å². The number of unbranched alkanes of at least 4 members (excludes halogenated alkanes) is 15. The van der Waals surface area contributed by atoms with Crippen molar-refractivity contribution in [1.82, 2.24) is 0 Å². The lowest BCUT2D eigenvalue weighted by Crippen LogP contribution is -2.41. The van der Waals surface area contributed by atoms with Gasteiger partial charge in [0, 0.05) is 0 Å². The van der Waals surface area contributed by atoms with E-state index >= 15 is 0 Å². The summed E-state index contributed by atoms with van der Waals surface area (Å²) in [6.45, 7) is 3.88. The Balaban J connectivity index is 3.65. The summed E-state index contributed by atoms with van der Waals surface area (Å²) in [6.07, 6.45) is 21.6. The van der Waals surface area contributed by atoms with Gasteiger partial charge in [-0.15, -0.1) is 0 Å². The van der Waals surface area contributed by atoms with Crippen LogP contribution in [0.5, 0.6) is 0 Å². The van der Waals surface area contributed by atoms with Crippen LogP contribution in [0.25, 0.3) is 0 Å². The maximum atomic E-state index is 11.4. The Morgan fingerprint density at radius 1 is 0.545 bits per heavy atom. The van der Waals surface area contributed by atoms with E-state index < -0.39 is 20.6 Å². The molecule has 0 amide bonds. The molecule has 0 aromatic heterocycles. The third-order valence-electron chi connectivity index (χ3n) is 6.62. The van der Waals surface area contributed by atoms with Gasteiger partial charge in [0.15, 0.2) is 5.40 Å². The molecule has 0 fully saturated rings. The average Bonchev–Trinajstić information content (AvgIpc) is 2.69. The second kappa shape index (κ2) is 18.5. The lowest BCUT2D eigenvalue weighted by Gasteiger charge is -2.30. The first kappa shape index (κ1) is 33.3. The van der Waals surface area contributed by atoms with Crippen LogP contribution in [0, 0.1) is 0 Å². The minimum Gasteiger partial charge on any atom is -0.328 e. The molecule has 9 heteroatoms. The van der Waals surface area contributed by atoms with Crippen molar-refractivity contribution in [2.24, 2.45) is 0 Å². The molecule has 0 aliphatic rings. The fourth-order valence-electron chi connectivity index (χ4n) is 4.43. The Bertz CT molecular complexity index is 539. The van der Waals surface area contributed by atoms with Crippen LogP contribution < -0.4 is 0 Å². The van der Waals surface area contributed by atoms with Gasteiger partial charge < -0.3 is 24.1 Å². The molecule has 0 radical (unpaired) electrons. The molecule has 0 aromatic carbocycles. The first-order valence-electron chi connectivity index (χ1n) is 13.3. The molecular weight excluding hydrogens is 460 g/mol. The van der Waals surface area contributed by atoms with E-state index in [1.54, 1.807) is 0 Å². The molecule has 33 heavy (non-hydrogen) atoms. The summed E-state index contributed by atoms with van der Waals surface area (Å²) in [5.41, 5.74) is 0. The predicted molar refractivity (Wildman–Crippen MR) is 138 cm³/mol. The van der Waals surface area contributed by atoms with Crippen molar-refractivity contribution in [2.45, 2.75) is 128 Å². The zero-order valence-electron chi connectivity index (χ0n) is 21.7. The van der Waals surface area contributed by atoms with Gasteiger partial charge in [-0.1, -0.05) is 96.8 Å². The van der Waals surface area contributed by atoms with Gasteiger partial charge >= 0.3 is 15.2 Å². The highest BCUT2D eigenvalue weighted by Gasteiger charge is 2.42. The second-order valence-corrected chi connectivity index (χ2v) is 14.5. The molecule has 0 saturated heterocycles. The van der Waals surface area contributed by atoms with E-state index in [0.29, 0.717) is 17.4 Å². The third-order valence-corrected chi connectivity index (χ3v) is 10.5. The van der Waals surface area contributed by atoms with Crippen molar-refractivity contribution in [3.8, 4) is 0 Å². The summed E-state index contributed by atoms with van der Waals surface area (Å²) in [5.74, 6) is 0. The number of nitrogens with zero attached hydrogens (tertiary/aromatic N) is 1. The van der Waals surface area contributed by atoms with E-state index in [-0.39, 0.29) is 6.42 Å². The fraction of sp³-hybridized carbons (Fsp3) is 1.00. The minimum atomic E-state index is -4.80. The number of quaternary nitrogens is 1. The van der Waals surface area contributed by atoms with Gasteiger partial charge in [0.05, 0.1) is 27.2 Å². The zero-order valence-corrected chi connectivity index (χ0v) is 23.5. The normalized spacial score (nSPS) is 13.2. The van der Waals surface area contributed by atoms with Crippen molar-refractivity contribution < 1.29 is 33.2 Å². The fourth-order valence-corrected chi connectivity index (χ4v) is 7.04. The molecule has 0 aromatic rings. The van der Waals surface area contributed by atoms with Gasteiger partial charge in [0.2, 0.25) is 0 Å². The SMILES string of the molecule is CCCCCCCCCCCCCCCCCC[N+](C)(C)CCCC(P(=O)(O)O)P(=O)(O)O. The molecule has 0 unspecified atom stereocenters. The van der Waals surface area contributed by atoms with E-state index in [1.165, 1.54) is 96.3 Å². The first-order chi connectivity index (χ1) is 15.4. The van der Waals surface area contributed by atoms with Crippen LogP contribution in [0.1, 0.15) is 122 Å². The van der Waals surface area contributed by atoms with Crippen LogP contribution in [-0.2, 0) is 9.13 Å². The van der Waals surface area contributed by atoms with Gasteiger partial charge in [-0.05, 0) is 25.7 Å². The number of hydrogen-bond donors (Lipinski definition) is 4. The Labute approximate surface area is 203 Å². The van der Waals surface area contributed by atoms with E-state index in [4.69, 9.17) is 0 Å². The monoisotopic (exact) mass is 514 g/mol. The molecule has 0 saturated carbocycles. The van der Waals surface area contributed by atoms with Crippen molar-refractivity contribution >= 4 is 15.2 Å². The molecule has 4 N–H and O–H groups in total. The molecular formula is C24H54NO6P2+. The second-order valence-electron chi connectivity index (χ2n) is 10.5. The van der Waals surface area contributed by atoms with Crippen LogP contribution >= 0.6 is 15.2 Å². The summed E-state index contributed by atoms with van der Waals surface area (Å²) in [7, 11) is -5.48. The Morgan fingerprint density at radius 2 is 0.848 bits per heavy atom. The highest BCUT2D eigenvalue weighted by molar-refractivity contribution is 7.70. The molecule has 7 nitrogen and oxygen atoms in total. The third kappa shape index (κ3) is 20.2. The van der Waals surface area contributed by atoms with Crippen LogP contribution in [0.4, 0.5) is 0 Å². The summed E-state index contributed by atoms with van der Waals surface area (Å²) >= 11 is 0. The van der Waals surface area contributed by atoms with Crippen LogP contribution in [0.3, 0.4) is 0 Å². The molecule has 0 atom stereocenters. The summed E-state index contributed by atoms with van der Waals surface area (Å²) in [4.78, 5) is 36.9. The molecule has 0 spiro atoms. The quantitative estimate of drug-likeness (QED) is 0.0678. The highest BCUT2D eigenvalue weighted by Crippen LogP contribution is 2.61. The van der Waals surface area contributed by atoms with E-state index in [1.807, 2.05) is 0 Å². The van der Waals surface area contributed by atoms with Crippen molar-refractivity contribution in [3.63, 3.8) is 0 Å². The van der Waals surface area contributed by atoms with Gasteiger partial charge in [-0.25, -0.2) is 0 Å². The van der Waals surface area contributed by atoms with Crippen molar-refractivity contribution in [3.05, 3.63) is 0 Å². The smallest absolute Gasteiger partial charge is 0.328 e. The molecule has 0 heterocycles. The molecule has 0 aliphatic carbocycles. The Morgan fingerprint density at radius 3 is 1.18 bits per heavy atom. The predicted octanol–water partition coefficient (Wildman–Crippen LogP) is 6.79. The van der Waals surface area contributed by atoms with E-state index in [0.717, 1.165) is 13.0 Å². The van der Waals surface area contributed by atoms with Gasteiger partial charge in [0.1, 0.15) is 0 Å². The van der Waals surface area contributed by atoms with Crippen molar-refractivity contribution in [1.29, 1.82) is 0 Å². The molecule has 0 bridgehead atoms. The molecule has 0 rings (SSSR count). The average molecular weight is 515 g/mol. The van der Waals surface area contributed by atoms with E-state index in [2.05, 4.69) is 21.0 Å². The number of hydrogen-bond acceptors (Lipinski definition) is 2. The maximum Gasteiger partial charge on any atom is 0.340 e. The van der Waals surface area contributed by atoms with E-state index in [9.17, 15) is 28.7 Å². The number of rotatable bonds is 23. The van der Waals surface area contributed by atoms with Crippen LogP contribution in [0.2, 0.25) is 0 Å². The summed E-state index contributed by atoms with van der Waals surface area (Å²) < 4.78 is 23.4. The van der Waals surface area contributed by atoms with Crippen LogP contribution in [0.15, 0.2) is 0 Å². The van der Waals surface area contributed by atoms with Gasteiger partial charge in [-0.3, -0.25) is 9.13 Å². The Kier molecular flexibility index (Phi) is 18.7. The van der Waals surface area contributed by atoms with Gasteiger partial charge in [0.25, 0.3) is 0 Å². The molecule has 0 aliphatic heterocycles. The molecule has 200 valence electrons. The Hall–Kier alpha value is 0.260. The first-order valence-corrected chi connectivity index (χ1v) is 16.7. The summed E-state index contributed by atoms with van der Waals surface area (Å²) in [5, 5.41) is -1.87. The maximum absolute atomic E-state index is 11.4. The van der Waals surface area contributed by atoms with Crippen LogP contribution in [-0.4, -0.2) is 56.6 Å². The minimum absolute atomic E-state index is 0.158. The highest BCUT2D eigenvalue weighted by atomic mass is 31.2. The lowest BCUT2D eigenvalue weighted by molar-refractivity contribution is -0.890. The van der Waals surface area contributed by atoms with Crippen molar-refractivity contribution in [2.75, 3.05) is 27.2 Å². The largest absolute Gasteiger partial charge is 0.340 e. The lowest BCUT2D eigenvalue weighted by atomic mass is 10.0. The zero-order chi connectivity index (χ0) is 25.2. The standard InChI is InChI=1S/C24H53NO6P2/c1-4-5-6-7-8-9-10-11-12-13-14-15-16-17-18-19-22-25(2,3)23-20-21-24(32(26,27)28)33(29,30)31/h24H,4-23H2,1-3H3,(H3-,26,27,28,29,30,31)/p+1.